The molecular formula is C20H22ClNO2. The Morgan fingerprint density at radius 1 is 0.958 bits per heavy atom. The monoisotopic (exact) mass is 343 g/mol. The van der Waals surface area contributed by atoms with E-state index in [2.05, 4.69) is 13.0 Å². The lowest BCUT2D eigenvalue weighted by molar-refractivity contribution is 0.273. The third kappa shape index (κ3) is 3.80. The van der Waals surface area contributed by atoms with Crippen LogP contribution in [0.3, 0.4) is 0 Å². The fraction of sp³-hybridized carbons (Fsp3) is 0.350. The lowest BCUT2D eigenvalue weighted by Gasteiger charge is -2.10. The Hall–Kier alpha value is -1.84. The van der Waals surface area contributed by atoms with Gasteiger partial charge in [0, 0.05) is 22.4 Å². The highest BCUT2D eigenvalue weighted by Crippen LogP contribution is 2.29. The second-order valence-electron chi connectivity index (χ2n) is 6.06. The average molecular weight is 344 g/mol. The van der Waals surface area contributed by atoms with Crippen LogP contribution in [-0.2, 0) is 0 Å². The van der Waals surface area contributed by atoms with Crippen LogP contribution in [0.25, 0.3) is 21.8 Å². The Labute approximate surface area is 147 Å². The van der Waals surface area contributed by atoms with Crippen LogP contribution in [0, 0.1) is 6.92 Å². The van der Waals surface area contributed by atoms with Crippen molar-refractivity contribution in [2.45, 2.75) is 32.6 Å². The Bertz CT molecular complexity index is 848. The summed E-state index contributed by atoms with van der Waals surface area (Å²) >= 11 is 6.08. The first kappa shape index (κ1) is 17.0. The van der Waals surface area contributed by atoms with Gasteiger partial charge in [-0.2, -0.15) is 0 Å². The quantitative estimate of drug-likeness (QED) is 0.468. The Morgan fingerprint density at radius 3 is 2.62 bits per heavy atom. The summed E-state index contributed by atoms with van der Waals surface area (Å²) in [6.07, 6.45) is 4.01. The molecule has 0 saturated carbocycles. The van der Waals surface area contributed by atoms with E-state index in [4.69, 9.17) is 26.4 Å². The van der Waals surface area contributed by atoms with Gasteiger partial charge in [0.15, 0.2) is 0 Å². The molecule has 0 fully saturated rings. The number of unbranched alkanes of at least 4 members (excludes halogenated alkanes) is 3. The van der Waals surface area contributed by atoms with Crippen LogP contribution in [0.15, 0.2) is 36.4 Å². The molecule has 0 aliphatic heterocycles. The molecule has 3 aromatic rings. The number of aromatic nitrogens is 1. The van der Waals surface area contributed by atoms with Crippen LogP contribution in [0.1, 0.15) is 31.2 Å². The van der Waals surface area contributed by atoms with Crippen molar-refractivity contribution in [2.24, 2.45) is 0 Å². The predicted octanol–water partition coefficient (Wildman–Crippen LogP) is 5.28. The first-order valence-electron chi connectivity index (χ1n) is 8.42. The lowest BCUT2D eigenvalue weighted by Crippen LogP contribution is -1.98. The van der Waals surface area contributed by atoms with Gasteiger partial charge < -0.3 is 9.84 Å². The maximum atomic E-state index is 8.77. The molecule has 0 saturated heterocycles. The lowest BCUT2D eigenvalue weighted by atomic mass is 10.0. The number of benzene rings is 2. The zero-order valence-electron chi connectivity index (χ0n) is 13.9. The number of aliphatic hydroxyl groups excluding tert-OH is 1. The SMILES string of the molecule is Cc1c2ccc(Cl)cc2nc2ccc(OCCCCCCO)cc12. The first-order chi connectivity index (χ1) is 11.7. The third-order valence-electron chi connectivity index (χ3n) is 4.30. The summed E-state index contributed by atoms with van der Waals surface area (Å²) in [5.74, 6) is 0.878. The molecule has 0 radical (unpaired) electrons. The van der Waals surface area contributed by atoms with Crippen molar-refractivity contribution in [2.75, 3.05) is 13.2 Å². The highest BCUT2D eigenvalue weighted by atomic mass is 35.5. The standard InChI is InChI=1S/C20H22ClNO2/c1-14-17-8-6-15(21)12-20(17)22-19-9-7-16(13-18(14)19)24-11-5-3-2-4-10-23/h6-9,12-13,23H,2-5,10-11H2,1H3. The summed E-state index contributed by atoms with van der Waals surface area (Å²) in [5, 5.41) is 11.7. The second-order valence-corrected chi connectivity index (χ2v) is 6.50. The normalized spacial score (nSPS) is 11.3. The molecule has 1 N–H and O–H groups in total. The molecule has 0 atom stereocenters. The Balaban J connectivity index is 1.79. The number of fused-ring (bicyclic) bond motifs is 2. The first-order valence-corrected chi connectivity index (χ1v) is 8.80. The summed E-state index contributed by atoms with van der Waals surface area (Å²) in [6.45, 7) is 3.09. The average Bonchev–Trinajstić information content (AvgIpc) is 2.58. The van der Waals surface area contributed by atoms with Crippen LogP contribution in [0.2, 0.25) is 5.02 Å². The molecule has 0 amide bonds. The van der Waals surface area contributed by atoms with Crippen molar-refractivity contribution in [1.82, 2.24) is 4.98 Å². The molecule has 0 aliphatic carbocycles. The van der Waals surface area contributed by atoms with E-state index in [1.807, 2.05) is 30.3 Å². The summed E-state index contributed by atoms with van der Waals surface area (Å²) in [6, 6.07) is 11.9. The van der Waals surface area contributed by atoms with E-state index >= 15 is 0 Å². The minimum atomic E-state index is 0.275. The number of ether oxygens (including phenoxy) is 1. The zero-order valence-corrected chi connectivity index (χ0v) is 14.6. The van der Waals surface area contributed by atoms with Crippen molar-refractivity contribution >= 4 is 33.4 Å². The molecule has 4 heteroatoms. The van der Waals surface area contributed by atoms with Gasteiger partial charge in [0.2, 0.25) is 0 Å². The van der Waals surface area contributed by atoms with E-state index in [9.17, 15) is 0 Å². The third-order valence-corrected chi connectivity index (χ3v) is 4.53. The van der Waals surface area contributed by atoms with Crippen molar-refractivity contribution in [3.05, 3.63) is 47.0 Å². The van der Waals surface area contributed by atoms with Gasteiger partial charge in [-0.1, -0.05) is 24.1 Å². The van der Waals surface area contributed by atoms with E-state index in [-0.39, 0.29) is 6.61 Å². The van der Waals surface area contributed by atoms with Crippen LogP contribution < -0.4 is 4.74 Å². The summed E-state index contributed by atoms with van der Waals surface area (Å²) < 4.78 is 5.87. The molecule has 0 bridgehead atoms. The zero-order chi connectivity index (χ0) is 16.9. The smallest absolute Gasteiger partial charge is 0.120 e. The van der Waals surface area contributed by atoms with Gasteiger partial charge in [-0.05, 0) is 62.1 Å². The molecule has 126 valence electrons. The summed E-state index contributed by atoms with van der Waals surface area (Å²) in [4.78, 5) is 4.71. The van der Waals surface area contributed by atoms with Crippen molar-refractivity contribution in [3.63, 3.8) is 0 Å². The predicted molar refractivity (Wildman–Crippen MR) is 100 cm³/mol. The van der Waals surface area contributed by atoms with Crippen LogP contribution in [0.4, 0.5) is 0 Å². The molecule has 0 unspecified atom stereocenters. The Morgan fingerprint density at radius 2 is 1.79 bits per heavy atom. The minimum absolute atomic E-state index is 0.275. The van der Waals surface area contributed by atoms with E-state index in [0.29, 0.717) is 11.6 Å². The van der Waals surface area contributed by atoms with E-state index < -0.39 is 0 Å². The highest BCUT2D eigenvalue weighted by Gasteiger charge is 2.07. The van der Waals surface area contributed by atoms with E-state index in [0.717, 1.165) is 53.2 Å². The molecule has 3 nitrogen and oxygen atoms in total. The topological polar surface area (TPSA) is 42.4 Å². The molecular weight excluding hydrogens is 322 g/mol. The Kier molecular flexibility index (Phi) is 5.54. The van der Waals surface area contributed by atoms with Crippen LogP contribution in [-0.4, -0.2) is 23.3 Å². The summed E-state index contributed by atoms with van der Waals surface area (Å²) in [7, 11) is 0. The van der Waals surface area contributed by atoms with Crippen molar-refractivity contribution in [1.29, 1.82) is 0 Å². The molecule has 2 aromatic carbocycles. The van der Waals surface area contributed by atoms with Crippen molar-refractivity contribution < 1.29 is 9.84 Å². The molecule has 1 aromatic heterocycles. The number of rotatable bonds is 7. The minimum Gasteiger partial charge on any atom is -0.494 e. The molecule has 24 heavy (non-hydrogen) atoms. The van der Waals surface area contributed by atoms with Gasteiger partial charge in [0.25, 0.3) is 0 Å². The number of aliphatic hydroxyl groups is 1. The maximum Gasteiger partial charge on any atom is 0.120 e. The molecule has 1 heterocycles. The fourth-order valence-corrected chi connectivity index (χ4v) is 3.12. The molecule has 0 spiro atoms. The second kappa shape index (κ2) is 7.82. The van der Waals surface area contributed by atoms with Gasteiger partial charge in [-0.3, -0.25) is 0 Å². The van der Waals surface area contributed by atoms with Crippen LogP contribution in [0.5, 0.6) is 5.75 Å². The number of pyridine rings is 1. The number of hydrogen-bond acceptors (Lipinski definition) is 3. The van der Waals surface area contributed by atoms with Gasteiger partial charge >= 0.3 is 0 Å². The number of hydrogen-bond donors (Lipinski definition) is 1. The van der Waals surface area contributed by atoms with E-state index in [1.165, 1.54) is 5.56 Å². The maximum absolute atomic E-state index is 8.77. The van der Waals surface area contributed by atoms with Gasteiger partial charge in [0.1, 0.15) is 5.75 Å². The fourth-order valence-electron chi connectivity index (χ4n) is 2.95. The largest absolute Gasteiger partial charge is 0.494 e. The van der Waals surface area contributed by atoms with E-state index in [1.54, 1.807) is 0 Å². The molecule has 0 aliphatic rings. The molecule has 3 rings (SSSR count). The number of aryl methyl sites for hydroxylation is 1. The van der Waals surface area contributed by atoms with Crippen LogP contribution >= 0.6 is 11.6 Å². The number of nitrogens with zero attached hydrogens (tertiary/aromatic N) is 1. The number of halogens is 1. The highest BCUT2D eigenvalue weighted by molar-refractivity contribution is 6.31. The van der Waals surface area contributed by atoms with Gasteiger partial charge in [-0.15, -0.1) is 0 Å². The summed E-state index contributed by atoms with van der Waals surface area (Å²) in [5.41, 5.74) is 3.07. The van der Waals surface area contributed by atoms with Gasteiger partial charge in [0.05, 0.1) is 17.6 Å². The van der Waals surface area contributed by atoms with Crippen molar-refractivity contribution in [3.8, 4) is 5.75 Å². The van der Waals surface area contributed by atoms with Gasteiger partial charge in [-0.25, -0.2) is 4.98 Å².